The number of hydrogen-bond acceptors (Lipinski definition) is 3. The zero-order valence-electron chi connectivity index (χ0n) is 11.6. The molecule has 2 aromatic rings. The Morgan fingerprint density at radius 2 is 1.55 bits per heavy atom. The zero-order valence-corrected chi connectivity index (χ0v) is 11.6. The van der Waals surface area contributed by atoms with E-state index in [4.69, 9.17) is 15.2 Å². The van der Waals surface area contributed by atoms with E-state index in [-0.39, 0.29) is 6.04 Å². The van der Waals surface area contributed by atoms with Crippen molar-refractivity contribution in [1.82, 2.24) is 0 Å². The molecule has 0 radical (unpaired) electrons. The standard InChI is InChI=1S/C17H19NO2/c1-12-3-5-13(6-4-12)17(18)14-7-8-15-16(11-14)20-10-2-9-19-15/h3-8,11,17H,2,9-10,18H2,1H3. The lowest BCUT2D eigenvalue weighted by molar-refractivity contribution is 0.297. The van der Waals surface area contributed by atoms with Gasteiger partial charge in [-0.15, -0.1) is 0 Å². The van der Waals surface area contributed by atoms with Crippen molar-refractivity contribution in [1.29, 1.82) is 0 Å². The minimum absolute atomic E-state index is 0.146. The number of benzene rings is 2. The SMILES string of the molecule is Cc1ccc(C(N)c2ccc3c(c2)OCCCO3)cc1. The summed E-state index contributed by atoms with van der Waals surface area (Å²) in [4.78, 5) is 0. The van der Waals surface area contributed by atoms with Crippen LogP contribution in [0.15, 0.2) is 42.5 Å². The van der Waals surface area contributed by atoms with Crippen molar-refractivity contribution >= 4 is 0 Å². The van der Waals surface area contributed by atoms with Gasteiger partial charge < -0.3 is 15.2 Å². The van der Waals surface area contributed by atoms with Crippen molar-refractivity contribution in [3.05, 3.63) is 59.2 Å². The van der Waals surface area contributed by atoms with Crippen molar-refractivity contribution in [2.45, 2.75) is 19.4 Å². The van der Waals surface area contributed by atoms with Crippen molar-refractivity contribution in [3.8, 4) is 11.5 Å². The third-order valence-electron chi connectivity index (χ3n) is 3.57. The minimum Gasteiger partial charge on any atom is -0.490 e. The summed E-state index contributed by atoms with van der Waals surface area (Å²) in [7, 11) is 0. The van der Waals surface area contributed by atoms with Gasteiger partial charge in [-0.3, -0.25) is 0 Å². The van der Waals surface area contributed by atoms with Gasteiger partial charge in [0.15, 0.2) is 11.5 Å². The Hall–Kier alpha value is -2.00. The molecule has 20 heavy (non-hydrogen) atoms. The van der Waals surface area contributed by atoms with Gasteiger partial charge in [0, 0.05) is 6.42 Å². The first-order chi connectivity index (χ1) is 9.74. The topological polar surface area (TPSA) is 44.5 Å². The molecule has 1 atom stereocenters. The Balaban J connectivity index is 1.90. The average Bonchev–Trinajstić information content (AvgIpc) is 2.71. The highest BCUT2D eigenvalue weighted by molar-refractivity contribution is 5.46. The molecule has 104 valence electrons. The Labute approximate surface area is 119 Å². The summed E-state index contributed by atoms with van der Waals surface area (Å²) in [6.45, 7) is 3.47. The second kappa shape index (κ2) is 5.55. The van der Waals surface area contributed by atoms with Gasteiger partial charge in [-0.25, -0.2) is 0 Å². The molecule has 0 fully saturated rings. The Bertz CT molecular complexity index is 592. The molecular formula is C17H19NO2. The molecule has 2 aromatic carbocycles. The van der Waals surface area contributed by atoms with Crippen LogP contribution in [0.4, 0.5) is 0 Å². The fraction of sp³-hybridized carbons (Fsp3) is 0.294. The number of nitrogens with two attached hydrogens (primary N) is 1. The lowest BCUT2D eigenvalue weighted by atomic mass is 9.98. The number of aryl methyl sites for hydroxylation is 1. The van der Waals surface area contributed by atoms with Crippen LogP contribution < -0.4 is 15.2 Å². The molecule has 0 saturated carbocycles. The Kier molecular flexibility index (Phi) is 3.61. The quantitative estimate of drug-likeness (QED) is 0.910. The van der Waals surface area contributed by atoms with Crippen molar-refractivity contribution < 1.29 is 9.47 Å². The van der Waals surface area contributed by atoms with E-state index < -0.39 is 0 Å². The van der Waals surface area contributed by atoms with Crippen molar-refractivity contribution in [2.75, 3.05) is 13.2 Å². The van der Waals surface area contributed by atoms with Crippen LogP contribution in [0, 0.1) is 6.92 Å². The van der Waals surface area contributed by atoms with Crippen LogP contribution in [0.2, 0.25) is 0 Å². The summed E-state index contributed by atoms with van der Waals surface area (Å²) < 4.78 is 11.4. The van der Waals surface area contributed by atoms with E-state index in [1.807, 2.05) is 18.2 Å². The van der Waals surface area contributed by atoms with Gasteiger partial charge in [0.25, 0.3) is 0 Å². The number of ether oxygens (including phenoxy) is 2. The monoisotopic (exact) mass is 269 g/mol. The molecule has 0 saturated heterocycles. The fourth-order valence-electron chi connectivity index (χ4n) is 2.34. The zero-order chi connectivity index (χ0) is 13.9. The molecule has 2 N–H and O–H groups in total. The van der Waals surface area contributed by atoms with E-state index in [0.29, 0.717) is 13.2 Å². The molecule has 3 heteroatoms. The van der Waals surface area contributed by atoms with Crippen LogP contribution in [0.1, 0.15) is 29.2 Å². The fourth-order valence-corrected chi connectivity index (χ4v) is 2.34. The maximum absolute atomic E-state index is 6.34. The van der Waals surface area contributed by atoms with Gasteiger partial charge in [0.1, 0.15) is 0 Å². The molecule has 0 bridgehead atoms. The summed E-state index contributed by atoms with van der Waals surface area (Å²) in [5.41, 5.74) is 9.72. The number of fused-ring (bicyclic) bond motifs is 1. The summed E-state index contributed by atoms with van der Waals surface area (Å²) in [5.74, 6) is 1.60. The average molecular weight is 269 g/mol. The first kappa shape index (κ1) is 13.0. The van der Waals surface area contributed by atoms with E-state index >= 15 is 0 Å². The first-order valence-corrected chi connectivity index (χ1v) is 6.96. The van der Waals surface area contributed by atoms with Gasteiger partial charge in [0.2, 0.25) is 0 Å². The first-order valence-electron chi connectivity index (χ1n) is 6.96. The van der Waals surface area contributed by atoms with Gasteiger partial charge in [0.05, 0.1) is 19.3 Å². The second-order valence-corrected chi connectivity index (χ2v) is 5.15. The second-order valence-electron chi connectivity index (χ2n) is 5.15. The van der Waals surface area contributed by atoms with Crippen molar-refractivity contribution in [2.24, 2.45) is 5.73 Å². The highest BCUT2D eigenvalue weighted by atomic mass is 16.5. The predicted octanol–water partition coefficient (Wildman–Crippen LogP) is 3.20. The smallest absolute Gasteiger partial charge is 0.161 e. The third-order valence-corrected chi connectivity index (χ3v) is 3.57. The molecule has 0 aromatic heterocycles. The molecule has 1 unspecified atom stereocenters. The van der Waals surface area contributed by atoms with Crippen LogP contribution in [0.3, 0.4) is 0 Å². The Morgan fingerprint density at radius 3 is 2.30 bits per heavy atom. The lowest BCUT2D eigenvalue weighted by Crippen LogP contribution is -2.12. The normalized spacial score (nSPS) is 15.5. The molecule has 0 aliphatic carbocycles. The largest absolute Gasteiger partial charge is 0.490 e. The maximum Gasteiger partial charge on any atom is 0.161 e. The molecular weight excluding hydrogens is 250 g/mol. The van der Waals surface area contributed by atoms with E-state index in [9.17, 15) is 0 Å². The predicted molar refractivity (Wildman–Crippen MR) is 79.3 cm³/mol. The summed E-state index contributed by atoms with van der Waals surface area (Å²) in [5, 5.41) is 0. The Morgan fingerprint density at radius 1 is 0.900 bits per heavy atom. The molecule has 3 rings (SSSR count). The maximum atomic E-state index is 6.34. The van der Waals surface area contributed by atoms with Crippen LogP contribution in [0.5, 0.6) is 11.5 Å². The molecule has 0 amide bonds. The van der Waals surface area contributed by atoms with Crippen LogP contribution >= 0.6 is 0 Å². The molecule has 1 aliphatic heterocycles. The summed E-state index contributed by atoms with van der Waals surface area (Å²) in [6.07, 6.45) is 0.911. The van der Waals surface area contributed by atoms with Crippen LogP contribution in [-0.4, -0.2) is 13.2 Å². The van der Waals surface area contributed by atoms with Crippen LogP contribution in [0.25, 0.3) is 0 Å². The van der Waals surface area contributed by atoms with E-state index in [1.54, 1.807) is 0 Å². The van der Waals surface area contributed by atoms with Crippen molar-refractivity contribution in [3.63, 3.8) is 0 Å². The summed E-state index contributed by atoms with van der Waals surface area (Å²) in [6, 6.07) is 14.1. The number of rotatable bonds is 2. The van der Waals surface area contributed by atoms with E-state index in [2.05, 4.69) is 31.2 Å². The molecule has 1 aliphatic rings. The molecule has 3 nitrogen and oxygen atoms in total. The van der Waals surface area contributed by atoms with E-state index in [1.165, 1.54) is 5.56 Å². The van der Waals surface area contributed by atoms with Crippen LogP contribution in [-0.2, 0) is 0 Å². The van der Waals surface area contributed by atoms with Gasteiger partial charge in [-0.1, -0.05) is 35.9 Å². The van der Waals surface area contributed by atoms with Gasteiger partial charge in [-0.05, 0) is 30.2 Å². The highest BCUT2D eigenvalue weighted by Crippen LogP contribution is 2.33. The summed E-state index contributed by atoms with van der Waals surface area (Å²) >= 11 is 0. The third kappa shape index (κ3) is 2.63. The lowest BCUT2D eigenvalue weighted by Gasteiger charge is -2.15. The highest BCUT2D eigenvalue weighted by Gasteiger charge is 2.14. The van der Waals surface area contributed by atoms with E-state index in [0.717, 1.165) is 29.0 Å². The minimum atomic E-state index is -0.146. The number of hydrogen-bond donors (Lipinski definition) is 1. The molecule has 1 heterocycles. The molecule has 0 spiro atoms. The van der Waals surface area contributed by atoms with Gasteiger partial charge >= 0.3 is 0 Å². The van der Waals surface area contributed by atoms with Gasteiger partial charge in [-0.2, -0.15) is 0 Å².